The van der Waals surface area contributed by atoms with Gasteiger partial charge >= 0.3 is 12.1 Å². The van der Waals surface area contributed by atoms with Gasteiger partial charge in [0.05, 0.1) is 5.92 Å². The van der Waals surface area contributed by atoms with Gasteiger partial charge in [-0.2, -0.15) is 0 Å². The van der Waals surface area contributed by atoms with Crippen LogP contribution in [0.4, 0.5) is 4.79 Å². The largest absolute Gasteiger partial charge is 0.481 e. The van der Waals surface area contributed by atoms with E-state index in [-0.39, 0.29) is 31.0 Å². The minimum atomic E-state index is -0.888. The number of carbonyl (C=O) groups is 3. The van der Waals surface area contributed by atoms with Crippen LogP contribution in [0.25, 0.3) is 11.1 Å². The van der Waals surface area contributed by atoms with Gasteiger partial charge in [-0.15, -0.1) is 0 Å². The monoisotopic (exact) mass is 479 g/mol. The molecule has 0 bridgehead atoms. The molecular formula is C27H33N3O5. The molecule has 2 aromatic carbocycles. The van der Waals surface area contributed by atoms with Gasteiger partial charge < -0.3 is 25.0 Å². The van der Waals surface area contributed by atoms with Crippen LogP contribution in [0, 0.1) is 5.92 Å². The second-order valence-corrected chi connectivity index (χ2v) is 9.53. The lowest BCUT2D eigenvalue weighted by atomic mass is 9.98. The first-order valence-electron chi connectivity index (χ1n) is 12.1. The minimum Gasteiger partial charge on any atom is -0.481 e. The second-order valence-electron chi connectivity index (χ2n) is 9.53. The summed E-state index contributed by atoms with van der Waals surface area (Å²) in [6.45, 7) is 2.69. The third kappa shape index (κ3) is 5.03. The number of fused-ring (bicyclic) bond motifs is 3. The highest BCUT2D eigenvalue weighted by Gasteiger charge is 2.42. The molecule has 2 amide bonds. The van der Waals surface area contributed by atoms with Crippen molar-refractivity contribution in [3.05, 3.63) is 59.7 Å². The summed E-state index contributed by atoms with van der Waals surface area (Å²) in [4.78, 5) is 41.3. The topological polar surface area (TPSA) is 99.2 Å². The van der Waals surface area contributed by atoms with Crippen LogP contribution in [0.15, 0.2) is 48.5 Å². The van der Waals surface area contributed by atoms with Crippen LogP contribution >= 0.6 is 0 Å². The number of ether oxygens (including phenoxy) is 1. The standard InChI is InChI=1S/C27H33N3O5/c1-4-24-21(26(32)33)13-14-30(24)25(31)23(15-29(2)3)28-27(34)35-16-22-19-11-7-5-9-17(19)18-10-6-8-12-20(18)22/h5-12,21-24H,4,13-16H2,1-3H3,(H,28,34)(H,32,33). The summed E-state index contributed by atoms with van der Waals surface area (Å²) in [5, 5.41) is 12.3. The van der Waals surface area contributed by atoms with E-state index in [1.807, 2.05) is 50.2 Å². The summed E-state index contributed by atoms with van der Waals surface area (Å²) in [6, 6.07) is 15.0. The van der Waals surface area contributed by atoms with Crippen molar-refractivity contribution in [2.24, 2.45) is 5.92 Å². The van der Waals surface area contributed by atoms with E-state index < -0.39 is 24.0 Å². The van der Waals surface area contributed by atoms with Crippen LogP contribution in [-0.4, -0.2) is 78.8 Å². The van der Waals surface area contributed by atoms with Crippen molar-refractivity contribution >= 4 is 18.0 Å². The molecule has 1 aliphatic heterocycles. The van der Waals surface area contributed by atoms with Crippen molar-refractivity contribution in [1.82, 2.24) is 15.1 Å². The second kappa shape index (κ2) is 10.5. The van der Waals surface area contributed by atoms with E-state index in [1.54, 1.807) is 4.90 Å². The number of hydrogen-bond donors (Lipinski definition) is 2. The molecule has 1 saturated heterocycles. The average molecular weight is 480 g/mol. The van der Waals surface area contributed by atoms with Gasteiger partial charge in [-0.25, -0.2) is 4.79 Å². The fraction of sp³-hybridized carbons (Fsp3) is 0.444. The predicted molar refractivity (Wildman–Crippen MR) is 132 cm³/mol. The molecule has 1 fully saturated rings. The highest BCUT2D eigenvalue weighted by Crippen LogP contribution is 2.44. The molecule has 0 aromatic heterocycles. The number of amides is 2. The summed E-state index contributed by atoms with van der Waals surface area (Å²) >= 11 is 0. The van der Waals surface area contributed by atoms with E-state index in [0.717, 1.165) is 22.3 Å². The Morgan fingerprint density at radius 3 is 2.23 bits per heavy atom. The van der Waals surface area contributed by atoms with Gasteiger partial charge in [0.25, 0.3) is 0 Å². The van der Waals surface area contributed by atoms with E-state index in [9.17, 15) is 19.5 Å². The van der Waals surface area contributed by atoms with Gasteiger partial charge in [-0.3, -0.25) is 9.59 Å². The Morgan fingerprint density at radius 2 is 1.69 bits per heavy atom. The number of likely N-dealkylation sites (N-methyl/N-ethyl adjacent to an activating group) is 1. The molecule has 1 aliphatic carbocycles. The summed E-state index contributed by atoms with van der Waals surface area (Å²) in [5.74, 6) is -1.82. The van der Waals surface area contributed by atoms with Gasteiger partial charge in [0.15, 0.2) is 0 Å². The molecule has 35 heavy (non-hydrogen) atoms. The van der Waals surface area contributed by atoms with E-state index in [1.165, 1.54) is 0 Å². The summed E-state index contributed by atoms with van der Waals surface area (Å²) in [6.07, 6.45) is 0.302. The summed E-state index contributed by atoms with van der Waals surface area (Å²) in [5.41, 5.74) is 4.52. The van der Waals surface area contributed by atoms with Crippen LogP contribution in [-0.2, 0) is 14.3 Å². The number of nitrogens with one attached hydrogen (secondary N) is 1. The van der Waals surface area contributed by atoms with Crippen molar-refractivity contribution in [2.75, 3.05) is 33.8 Å². The van der Waals surface area contributed by atoms with Crippen LogP contribution in [0.3, 0.4) is 0 Å². The molecule has 2 aromatic rings. The fourth-order valence-electron chi connectivity index (χ4n) is 5.45. The Balaban J connectivity index is 1.44. The van der Waals surface area contributed by atoms with E-state index in [0.29, 0.717) is 19.4 Å². The Labute approximate surface area is 205 Å². The summed E-state index contributed by atoms with van der Waals surface area (Å²) in [7, 11) is 3.64. The number of hydrogen-bond acceptors (Lipinski definition) is 5. The number of aliphatic carboxylic acids is 1. The van der Waals surface area contributed by atoms with Crippen molar-refractivity contribution in [1.29, 1.82) is 0 Å². The lowest BCUT2D eigenvalue weighted by molar-refractivity contribution is -0.143. The predicted octanol–water partition coefficient (Wildman–Crippen LogP) is 3.17. The summed E-state index contributed by atoms with van der Waals surface area (Å²) < 4.78 is 5.64. The fourth-order valence-corrected chi connectivity index (χ4v) is 5.45. The van der Waals surface area contributed by atoms with Crippen molar-refractivity contribution in [3.63, 3.8) is 0 Å². The molecule has 2 aliphatic rings. The third-order valence-corrected chi connectivity index (χ3v) is 7.05. The van der Waals surface area contributed by atoms with Gasteiger partial charge in [-0.1, -0.05) is 55.5 Å². The zero-order valence-corrected chi connectivity index (χ0v) is 20.4. The number of carbonyl (C=O) groups excluding carboxylic acids is 2. The molecule has 1 heterocycles. The minimum absolute atomic E-state index is 0.0736. The molecule has 3 atom stereocenters. The molecule has 8 nitrogen and oxygen atoms in total. The maximum atomic E-state index is 13.4. The normalized spacial score (nSPS) is 19.8. The van der Waals surface area contributed by atoms with Gasteiger partial charge in [0.2, 0.25) is 5.91 Å². The third-order valence-electron chi connectivity index (χ3n) is 7.05. The van der Waals surface area contributed by atoms with Crippen LogP contribution < -0.4 is 5.32 Å². The van der Waals surface area contributed by atoms with Crippen molar-refractivity contribution < 1.29 is 24.2 Å². The number of benzene rings is 2. The number of likely N-dealkylation sites (tertiary alicyclic amines) is 1. The molecule has 2 N–H and O–H groups in total. The van der Waals surface area contributed by atoms with Gasteiger partial charge in [0, 0.05) is 25.0 Å². The SMILES string of the molecule is CCC1C(C(=O)O)CCN1C(=O)C(CN(C)C)NC(=O)OCC1c2ccccc2-c2ccccc21. The number of nitrogens with zero attached hydrogens (tertiary/aromatic N) is 2. The smallest absolute Gasteiger partial charge is 0.407 e. The van der Waals surface area contributed by atoms with Crippen molar-refractivity contribution in [3.8, 4) is 11.1 Å². The maximum absolute atomic E-state index is 13.4. The quantitative estimate of drug-likeness (QED) is 0.604. The molecule has 3 unspecified atom stereocenters. The number of alkyl carbamates (subject to hydrolysis) is 1. The molecule has 8 heteroatoms. The Kier molecular flexibility index (Phi) is 7.40. The maximum Gasteiger partial charge on any atom is 0.407 e. The number of carboxylic acids is 1. The first-order chi connectivity index (χ1) is 16.8. The van der Waals surface area contributed by atoms with E-state index in [2.05, 4.69) is 29.6 Å². The average Bonchev–Trinajstić information content (AvgIpc) is 3.41. The highest BCUT2D eigenvalue weighted by molar-refractivity contribution is 5.87. The zero-order valence-electron chi connectivity index (χ0n) is 20.4. The first-order valence-corrected chi connectivity index (χ1v) is 12.1. The van der Waals surface area contributed by atoms with E-state index in [4.69, 9.17) is 4.74 Å². The Bertz CT molecular complexity index is 1060. The molecule has 0 saturated carbocycles. The lowest BCUT2D eigenvalue weighted by Crippen LogP contribution is -2.54. The van der Waals surface area contributed by atoms with Gasteiger partial charge in [-0.05, 0) is 49.2 Å². The molecule has 0 spiro atoms. The Morgan fingerprint density at radius 1 is 1.09 bits per heavy atom. The number of rotatable bonds is 8. The van der Waals surface area contributed by atoms with Crippen LogP contribution in [0.2, 0.25) is 0 Å². The van der Waals surface area contributed by atoms with Crippen LogP contribution in [0.1, 0.15) is 36.8 Å². The van der Waals surface area contributed by atoms with E-state index >= 15 is 0 Å². The lowest BCUT2D eigenvalue weighted by Gasteiger charge is -2.31. The highest BCUT2D eigenvalue weighted by atomic mass is 16.5. The van der Waals surface area contributed by atoms with Crippen LogP contribution in [0.5, 0.6) is 0 Å². The van der Waals surface area contributed by atoms with Gasteiger partial charge in [0.1, 0.15) is 12.6 Å². The zero-order chi connectivity index (χ0) is 25.1. The Hall–Kier alpha value is -3.39. The number of carboxylic acid groups (broad SMARTS) is 1. The molecule has 4 rings (SSSR count). The molecular weight excluding hydrogens is 446 g/mol. The molecule has 0 radical (unpaired) electrons. The molecule has 186 valence electrons. The van der Waals surface area contributed by atoms with Crippen molar-refractivity contribution in [2.45, 2.75) is 37.8 Å². The first kappa shape index (κ1) is 24.7.